The number of likely N-dealkylation sites (N-methyl/N-ethyl adjacent to an activating group) is 1. The maximum atomic E-state index is 11.0. The van der Waals surface area contributed by atoms with Gasteiger partial charge in [-0.3, -0.25) is 9.69 Å². The summed E-state index contributed by atoms with van der Waals surface area (Å²) in [4.78, 5) is 13.2. The van der Waals surface area contributed by atoms with Gasteiger partial charge in [-0.2, -0.15) is 0 Å². The van der Waals surface area contributed by atoms with Crippen LogP contribution in [0.15, 0.2) is 0 Å². The van der Waals surface area contributed by atoms with E-state index < -0.39 is 11.5 Å². The van der Waals surface area contributed by atoms with E-state index in [1.54, 1.807) is 0 Å². The topological polar surface area (TPSA) is 75.8 Å². The Morgan fingerprint density at radius 3 is 2.43 bits per heavy atom. The molecule has 0 aliphatic carbocycles. The molecule has 80 valence electrons. The van der Waals surface area contributed by atoms with Crippen molar-refractivity contribution in [3.8, 4) is 0 Å². The highest BCUT2D eigenvalue weighted by Gasteiger charge is 2.47. The van der Waals surface area contributed by atoms with Crippen LogP contribution in [0.25, 0.3) is 0 Å². The third-order valence-electron chi connectivity index (χ3n) is 3.40. The number of piperidine rings is 1. The van der Waals surface area contributed by atoms with Gasteiger partial charge in [-0.25, -0.2) is 0 Å². The molecule has 0 aromatic heterocycles. The Kier molecular flexibility index (Phi) is 2.25. The van der Waals surface area contributed by atoms with E-state index in [9.17, 15) is 4.79 Å². The van der Waals surface area contributed by atoms with E-state index in [0.29, 0.717) is 26.1 Å². The Labute approximate surface area is 82.8 Å². The van der Waals surface area contributed by atoms with Crippen molar-refractivity contribution in [2.75, 3.05) is 20.3 Å². The van der Waals surface area contributed by atoms with Gasteiger partial charge >= 0.3 is 5.97 Å². The predicted molar refractivity (Wildman–Crippen MR) is 49.9 cm³/mol. The molecule has 2 unspecified atom stereocenters. The van der Waals surface area contributed by atoms with Gasteiger partial charge in [0.1, 0.15) is 5.54 Å². The third-order valence-corrected chi connectivity index (χ3v) is 3.40. The lowest BCUT2D eigenvalue weighted by molar-refractivity contribution is -0.152. The van der Waals surface area contributed by atoms with Gasteiger partial charge < -0.3 is 15.6 Å². The molecule has 0 spiro atoms. The van der Waals surface area contributed by atoms with Crippen molar-refractivity contribution in [3.63, 3.8) is 0 Å². The molecule has 2 aliphatic rings. The Balaban J connectivity index is 2.18. The van der Waals surface area contributed by atoms with Gasteiger partial charge in [0.05, 0.1) is 13.2 Å². The number of nitrogens with zero attached hydrogens (tertiary/aromatic N) is 1. The molecule has 0 saturated carbocycles. The van der Waals surface area contributed by atoms with E-state index >= 15 is 0 Å². The van der Waals surface area contributed by atoms with E-state index in [0.717, 1.165) is 0 Å². The van der Waals surface area contributed by atoms with Crippen molar-refractivity contribution in [3.05, 3.63) is 0 Å². The summed E-state index contributed by atoms with van der Waals surface area (Å²) < 4.78 is 5.39. The zero-order chi connectivity index (χ0) is 10.3. The molecule has 2 saturated heterocycles. The molecule has 3 N–H and O–H groups in total. The summed E-state index contributed by atoms with van der Waals surface area (Å²) in [5, 5.41) is 9.05. The third kappa shape index (κ3) is 1.41. The van der Waals surface area contributed by atoms with Crippen molar-refractivity contribution in [2.24, 2.45) is 5.73 Å². The maximum absolute atomic E-state index is 11.0. The van der Waals surface area contributed by atoms with Crippen LogP contribution in [0.2, 0.25) is 0 Å². The zero-order valence-corrected chi connectivity index (χ0v) is 8.27. The lowest BCUT2D eigenvalue weighted by Gasteiger charge is -2.49. The second-order valence-electron chi connectivity index (χ2n) is 4.38. The number of ether oxygens (including phenoxy) is 1. The molecular formula is C9H16N2O3. The van der Waals surface area contributed by atoms with Crippen LogP contribution in [0.1, 0.15) is 12.8 Å². The zero-order valence-electron chi connectivity index (χ0n) is 8.27. The number of carboxylic acid groups (broad SMARTS) is 1. The summed E-state index contributed by atoms with van der Waals surface area (Å²) in [6.07, 6.45) is 0.963. The quantitative estimate of drug-likeness (QED) is 0.583. The Morgan fingerprint density at radius 2 is 2.00 bits per heavy atom. The second-order valence-corrected chi connectivity index (χ2v) is 4.38. The van der Waals surface area contributed by atoms with Crippen LogP contribution in [0.4, 0.5) is 0 Å². The minimum absolute atomic E-state index is 0.156. The van der Waals surface area contributed by atoms with E-state index in [1.165, 1.54) is 0 Å². The predicted octanol–water partition coefficient (Wildman–Crippen LogP) is -0.738. The maximum Gasteiger partial charge on any atom is 0.323 e. The van der Waals surface area contributed by atoms with E-state index in [4.69, 9.17) is 15.6 Å². The molecule has 0 amide bonds. The molecule has 2 bridgehead atoms. The number of hydrogen-bond acceptors (Lipinski definition) is 4. The molecule has 14 heavy (non-hydrogen) atoms. The molecule has 0 radical (unpaired) electrons. The van der Waals surface area contributed by atoms with Crippen LogP contribution in [0, 0.1) is 0 Å². The highest BCUT2D eigenvalue weighted by atomic mass is 16.5. The van der Waals surface area contributed by atoms with Crippen molar-refractivity contribution in [1.82, 2.24) is 4.90 Å². The van der Waals surface area contributed by atoms with Crippen LogP contribution in [-0.2, 0) is 9.53 Å². The molecular weight excluding hydrogens is 184 g/mol. The fourth-order valence-electron chi connectivity index (χ4n) is 2.38. The Bertz CT molecular complexity index is 242. The van der Waals surface area contributed by atoms with Crippen molar-refractivity contribution >= 4 is 5.97 Å². The number of fused-ring (bicyclic) bond motifs is 2. The first kappa shape index (κ1) is 9.89. The van der Waals surface area contributed by atoms with Crippen LogP contribution in [-0.4, -0.2) is 53.9 Å². The van der Waals surface area contributed by atoms with E-state index in [1.807, 2.05) is 7.05 Å². The largest absolute Gasteiger partial charge is 0.480 e. The lowest BCUT2D eigenvalue weighted by atomic mass is 9.79. The van der Waals surface area contributed by atoms with Gasteiger partial charge in [-0.1, -0.05) is 0 Å². The first-order chi connectivity index (χ1) is 6.53. The number of carbonyl (C=O) groups is 1. The van der Waals surface area contributed by atoms with Gasteiger partial charge in [0.15, 0.2) is 0 Å². The summed E-state index contributed by atoms with van der Waals surface area (Å²) in [5.41, 5.74) is 4.82. The van der Waals surface area contributed by atoms with E-state index in [-0.39, 0.29) is 12.1 Å². The number of carboxylic acids is 1. The minimum atomic E-state index is -1.05. The molecule has 0 aromatic carbocycles. The SMILES string of the molecule is CN1C2COCC1CC(N)(C(=O)O)C2. The smallest absolute Gasteiger partial charge is 0.323 e. The first-order valence-corrected chi connectivity index (χ1v) is 4.85. The molecule has 5 nitrogen and oxygen atoms in total. The summed E-state index contributed by atoms with van der Waals surface area (Å²) in [6, 6.07) is 0.312. The summed E-state index contributed by atoms with van der Waals surface area (Å²) >= 11 is 0. The van der Waals surface area contributed by atoms with E-state index in [2.05, 4.69) is 4.90 Å². The summed E-state index contributed by atoms with van der Waals surface area (Å²) in [6.45, 7) is 1.19. The monoisotopic (exact) mass is 200 g/mol. The van der Waals surface area contributed by atoms with Crippen molar-refractivity contribution < 1.29 is 14.6 Å². The Hall–Kier alpha value is -0.650. The van der Waals surface area contributed by atoms with Gasteiger partial charge in [-0.15, -0.1) is 0 Å². The number of aliphatic carboxylic acids is 1. The molecule has 2 rings (SSSR count). The van der Waals surface area contributed by atoms with Gasteiger partial charge in [-0.05, 0) is 19.9 Å². The van der Waals surface area contributed by atoms with Gasteiger partial charge in [0, 0.05) is 12.1 Å². The first-order valence-electron chi connectivity index (χ1n) is 4.85. The minimum Gasteiger partial charge on any atom is -0.480 e. The Morgan fingerprint density at radius 1 is 1.50 bits per heavy atom. The van der Waals surface area contributed by atoms with Gasteiger partial charge in [0.2, 0.25) is 0 Å². The van der Waals surface area contributed by atoms with Crippen molar-refractivity contribution in [2.45, 2.75) is 30.5 Å². The van der Waals surface area contributed by atoms with Crippen LogP contribution < -0.4 is 5.73 Å². The molecule has 5 heteroatoms. The molecule has 2 heterocycles. The highest BCUT2D eigenvalue weighted by Crippen LogP contribution is 2.31. The number of nitrogens with two attached hydrogens (primary N) is 1. The van der Waals surface area contributed by atoms with Crippen molar-refractivity contribution in [1.29, 1.82) is 0 Å². The number of morpholine rings is 1. The van der Waals surface area contributed by atoms with Crippen LogP contribution >= 0.6 is 0 Å². The van der Waals surface area contributed by atoms with Gasteiger partial charge in [0.25, 0.3) is 0 Å². The highest BCUT2D eigenvalue weighted by molar-refractivity contribution is 5.78. The average molecular weight is 200 g/mol. The average Bonchev–Trinajstić information content (AvgIpc) is 2.07. The number of hydrogen-bond donors (Lipinski definition) is 2. The fourth-order valence-corrected chi connectivity index (χ4v) is 2.38. The fraction of sp³-hybridized carbons (Fsp3) is 0.889. The summed E-state index contributed by atoms with van der Waals surface area (Å²) in [5.74, 6) is -0.887. The molecule has 2 fully saturated rings. The lowest BCUT2D eigenvalue weighted by Crippen LogP contribution is -2.65. The normalized spacial score (nSPS) is 43.6. The molecule has 0 aromatic rings. The molecule has 2 atom stereocenters. The molecule has 2 aliphatic heterocycles. The standard InChI is InChI=1S/C9H16N2O3/c1-11-6-2-9(10,8(12)13)3-7(11)5-14-4-6/h6-7H,2-5,10H2,1H3,(H,12,13). The van der Waals surface area contributed by atoms with Crippen LogP contribution in [0.3, 0.4) is 0 Å². The number of rotatable bonds is 1. The summed E-state index contributed by atoms with van der Waals surface area (Å²) in [7, 11) is 2.01. The van der Waals surface area contributed by atoms with Crippen LogP contribution in [0.5, 0.6) is 0 Å². The second kappa shape index (κ2) is 3.18.